The molecule has 4 aromatic rings. The predicted molar refractivity (Wildman–Crippen MR) is 119 cm³/mol. The molecule has 1 N–H and O–H groups in total. The zero-order valence-corrected chi connectivity index (χ0v) is 17.8. The number of benzene rings is 3. The van der Waals surface area contributed by atoms with E-state index in [9.17, 15) is 18.0 Å². The molecule has 0 spiro atoms. The summed E-state index contributed by atoms with van der Waals surface area (Å²) in [5, 5.41) is 0.975. The van der Waals surface area contributed by atoms with Gasteiger partial charge in [0.05, 0.1) is 4.90 Å². The van der Waals surface area contributed by atoms with Gasteiger partial charge in [0.15, 0.2) is 5.78 Å². The standard InChI is InChI=1S/C23H16ClNO5S/c1-14-2-9-19(10-3-14)31(28,29)25-18-7-4-15(5-8-18)22(26)20-13-16-12-17(24)6-11-21(16)30-23(20)27/h2-13,25H,1H3. The van der Waals surface area contributed by atoms with E-state index in [-0.39, 0.29) is 21.7 Å². The van der Waals surface area contributed by atoms with E-state index in [0.717, 1.165) is 5.56 Å². The fraction of sp³-hybridized carbons (Fsp3) is 0.0435. The Kier molecular flexibility index (Phi) is 5.39. The van der Waals surface area contributed by atoms with Gasteiger partial charge in [-0.15, -0.1) is 0 Å². The van der Waals surface area contributed by atoms with E-state index < -0.39 is 21.4 Å². The maximum absolute atomic E-state index is 12.8. The smallest absolute Gasteiger partial charge is 0.347 e. The number of rotatable bonds is 5. The van der Waals surface area contributed by atoms with E-state index in [4.69, 9.17) is 16.0 Å². The first-order valence-corrected chi connectivity index (χ1v) is 11.1. The third kappa shape index (κ3) is 4.38. The minimum atomic E-state index is -3.76. The fourth-order valence-electron chi connectivity index (χ4n) is 3.03. The van der Waals surface area contributed by atoms with Crippen LogP contribution >= 0.6 is 11.6 Å². The van der Waals surface area contributed by atoms with Gasteiger partial charge in [-0.2, -0.15) is 0 Å². The average Bonchev–Trinajstić information content (AvgIpc) is 2.73. The number of hydrogen-bond donors (Lipinski definition) is 1. The van der Waals surface area contributed by atoms with Crippen molar-refractivity contribution >= 4 is 44.1 Å². The van der Waals surface area contributed by atoms with Gasteiger partial charge in [0.25, 0.3) is 10.0 Å². The largest absolute Gasteiger partial charge is 0.422 e. The van der Waals surface area contributed by atoms with Crippen LogP contribution < -0.4 is 10.3 Å². The molecule has 1 aromatic heterocycles. The highest BCUT2D eigenvalue weighted by atomic mass is 35.5. The number of fused-ring (bicyclic) bond motifs is 1. The molecule has 3 aromatic carbocycles. The highest BCUT2D eigenvalue weighted by molar-refractivity contribution is 7.92. The van der Waals surface area contributed by atoms with Crippen molar-refractivity contribution in [1.82, 2.24) is 0 Å². The number of ketones is 1. The van der Waals surface area contributed by atoms with Gasteiger partial charge in [-0.05, 0) is 67.6 Å². The molecule has 156 valence electrons. The SMILES string of the molecule is Cc1ccc(S(=O)(=O)Nc2ccc(C(=O)c3cc4cc(Cl)ccc4oc3=O)cc2)cc1. The predicted octanol–water partition coefficient (Wildman–Crippen LogP) is 4.79. The van der Waals surface area contributed by atoms with Crippen molar-refractivity contribution in [3.8, 4) is 0 Å². The zero-order valence-electron chi connectivity index (χ0n) is 16.3. The van der Waals surface area contributed by atoms with E-state index in [0.29, 0.717) is 16.0 Å². The van der Waals surface area contributed by atoms with Crippen molar-refractivity contribution in [2.24, 2.45) is 0 Å². The van der Waals surface area contributed by atoms with Crippen LogP contribution in [0.25, 0.3) is 11.0 Å². The Morgan fingerprint density at radius 1 is 0.935 bits per heavy atom. The summed E-state index contributed by atoms with van der Waals surface area (Å²) in [6, 6.07) is 18.4. The molecule has 0 fully saturated rings. The summed E-state index contributed by atoms with van der Waals surface area (Å²) in [4.78, 5) is 25.2. The van der Waals surface area contributed by atoms with Crippen LogP contribution in [-0.4, -0.2) is 14.2 Å². The summed E-state index contributed by atoms with van der Waals surface area (Å²) in [6.45, 7) is 1.87. The summed E-state index contributed by atoms with van der Waals surface area (Å²) in [6.07, 6.45) is 0. The van der Waals surface area contributed by atoms with Gasteiger partial charge in [-0.25, -0.2) is 13.2 Å². The van der Waals surface area contributed by atoms with Gasteiger partial charge in [-0.1, -0.05) is 29.3 Å². The Hall–Kier alpha value is -3.42. The first kappa shape index (κ1) is 20.8. The van der Waals surface area contributed by atoms with Crippen molar-refractivity contribution in [3.63, 3.8) is 0 Å². The summed E-state index contributed by atoms with van der Waals surface area (Å²) < 4.78 is 32.7. The third-order valence-corrected chi connectivity index (χ3v) is 6.30. The van der Waals surface area contributed by atoms with E-state index in [2.05, 4.69) is 4.72 Å². The molecule has 1 heterocycles. The molecule has 0 saturated carbocycles. The van der Waals surface area contributed by atoms with Crippen LogP contribution in [0.3, 0.4) is 0 Å². The lowest BCUT2D eigenvalue weighted by Gasteiger charge is -2.09. The van der Waals surface area contributed by atoms with Crippen LogP contribution in [0.4, 0.5) is 5.69 Å². The zero-order chi connectivity index (χ0) is 22.2. The van der Waals surface area contributed by atoms with Crippen molar-refractivity contribution in [3.05, 3.63) is 105 Å². The van der Waals surface area contributed by atoms with Crippen LogP contribution in [0.15, 0.2) is 86.9 Å². The quantitative estimate of drug-likeness (QED) is 0.346. The average molecular weight is 454 g/mol. The Bertz CT molecular complexity index is 1460. The van der Waals surface area contributed by atoms with Gasteiger partial charge < -0.3 is 4.42 Å². The number of nitrogens with one attached hydrogen (secondary N) is 1. The van der Waals surface area contributed by atoms with Crippen LogP contribution in [0.1, 0.15) is 21.5 Å². The molecular formula is C23H16ClNO5S. The van der Waals surface area contributed by atoms with Gasteiger partial charge in [-0.3, -0.25) is 9.52 Å². The minimum absolute atomic E-state index is 0.130. The lowest BCUT2D eigenvalue weighted by atomic mass is 10.0. The minimum Gasteiger partial charge on any atom is -0.422 e. The summed E-state index contributed by atoms with van der Waals surface area (Å²) in [5.74, 6) is -0.538. The van der Waals surface area contributed by atoms with Gasteiger partial charge in [0.2, 0.25) is 0 Å². The summed E-state index contributed by atoms with van der Waals surface area (Å²) >= 11 is 5.97. The van der Waals surface area contributed by atoms with Crippen molar-refractivity contribution in [2.45, 2.75) is 11.8 Å². The van der Waals surface area contributed by atoms with E-state index >= 15 is 0 Å². The molecule has 0 bridgehead atoms. The van der Waals surface area contributed by atoms with Crippen molar-refractivity contribution in [2.75, 3.05) is 4.72 Å². The van der Waals surface area contributed by atoms with Crippen molar-refractivity contribution < 1.29 is 17.6 Å². The Morgan fingerprint density at radius 3 is 2.29 bits per heavy atom. The highest BCUT2D eigenvalue weighted by Gasteiger charge is 2.17. The van der Waals surface area contributed by atoms with E-state index in [1.54, 1.807) is 30.3 Å². The molecular weight excluding hydrogens is 438 g/mol. The van der Waals surface area contributed by atoms with Gasteiger partial charge in [0, 0.05) is 21.7 Å². The second-order valence-corrected chi connectivity index (χ2v) is 9.07. The lowest BCUT2D eigenvalue weighted by molar-refractivity contribution is 0.103. The number of halogens is 1. The molecule has 0 aliphatic carbocycles. The second kappa shape index (κ2) is 8.02. The van der Waals surface area contributed by atoms with Crippen LogP contribution in [0.2, 0.25) is 5.02 Å². The molecule has 0 aliphatic rings. The number of aryl methyl sites for hydroxylation is 1. The summed E-state index contributed by atoms with van der Waals surface area (Å²) in [7, 11) is -3.76. The maximum atomic E-state index is 12.8. The molecule has 6 nitrogen and oxygen atoms in total. The topological polar surface area (TPSA) is 93.4 Å². The molecule has 0 saturated heterocycles. The molecule has 4 rings (SSSR count). The fourth-order valence-corrected chi connectivity index (χ4v) is 4.27. The monoisotopic (exact) mass is 453 g/mol. The third-order valence-electron chi connectivity index (χ3n) is 4.67. The number of carbonyl (C=O) groups excluding carboxylic acids is 1. The van der Waals surface area contributed by atoms with Gasteiger partial charge >= 0.3 is 5.63 Å². The van der Waals surface area contributed by atoms with Gasteiger partial charge in [0.1, 0.15) is 11.1 Å². The molecule has 0 radical (unpaired) electrons. The molecule has 0 atom stereocenters. The maximum Gasteiger partial charge on any atom is 0.347 e. The highest BCUT2D eigenvalue weighted by Crippen LogP contribution is 2.21. The molecule has 8 heteroatoms. The molecule has 31 heavy (non-hydrogen) atoms. The summed E-state index contributed by atoms with van der Waals surface area (Å²) in [5.41, 5.74) is 0.877. The van der Waals surface area contributed by atoms with Crippen molar-refractivity contribution in [1.29, 1.82) is 0 Å². The van der Waals surface area contributed by atoms with E-state index in [1.807, 2.05) is 6.92 Å². The van der Waals surface area contributed by atoms with Crippen LogP contribution in [0.5, 0.6) is 0 Å². The number of anilines is 1. The first-order chi connectivity index (χ1) is 14.7. The van der Waals surface area contributed by atoms with E-state index in [1.165, 1.54) is 42.5 Å². The Balaban J connectivity index is 1.60. The number of sulfonamides is 1. The Labute approximate surface area is 183 Å². The Morgan fingerprint density at radius 2 is 1.61 bits per heavy atom. The molecule has 0 unspecified atom stereocenters. The normalized spacial score (nSPS) is 11.4. The lowest BCUT2D eigenvalue weighted by Crippen LogP contribution is -2.15. The number of hydrogen-bond acceptors (Lipinski definition) is 5. The number of carbonyl (C=O) groups is 1. The van der Waals surface area contributed by atoms with Crippen LogP contribution in [-0.2, 0) is 10.0 Å². The molecule has 0 aliphatic heterocycles. The second-order valence-electron chi connectivity index (χ2n) is 6.95. The first-order valence-electron chi connectivity index (χ1n) is 9.21. The van der Waals surface area contributed by atoms with Crippen LogP contribution in [0, 0.1) is 6.92 Å². The molecule has 0 amide bonds.